The first-order valence-electron chi connectivity index (χ1n) is 6.12. The molecular weight excluding hydrogens is 260 g/mol. The number of aryl methyl sites for hydroxylation is 1. The van der Waals surface area contributed by atoms with Gasteiger partial charge < -0.3 is 20.3 Å². The second-order valence-electron chi connectivity index (χ2n) is 4.33. The van der Waals surface area contributed by atoms with Crippen molar-refractivity contribution < 1.29 is 14.1 Å². The van der Waals surface area contributed by atoms with Gasteiger partial charge in [0.05, 0.1) is 0 Å². The zero-order valence-corrected chi connectivity index (χ0v) is 11.3. The van der Waals surface area contributed by atoms with E-state index in [0.29, 0.717) is 17.5 Å². The first-order valence-corrected chi connectivity index (χ1v) is 6.12. The molecule has 1 amide bonds. The van der Waals surface area contributed by atoms with Gasteiger partial charge in [-0.1, -0.05) is 11.2 Å². The molecular formula is C13H16N4O3. The highest BCUT2D eigenvalue weighted by atomic mass is 16.5. The largest absolute Gasteiger partial charge is 0.484 e. The third-order valence-electron chi connectivity index (χ3n) is 2.51. The molecule has 0 saturated carbocycles. The third kappa shape index (κ3) is 3.71. The molecule has 3 N–H and O–H groups in total. The van der Waals surface area contributed by atoms with Crippen LogP contribution in [0.5, 0.6) is 5.75 Å². The Hall–Kier alpha value is -2.57. The molecule has 0 fully saturated rings. The van der Waals surface area contributed by atoms with E-state index in [2.05, 4.69) is 15.5 Å². The molecule has 7 nitrogen and oxygen atoms in total. The number of carbonyl (C=O) groups is 1. The van der Waals surface area contributed by atoms with Crippen LogP contribution in [0, 0.1) is 6.92 Å². The van der Waals surface area contributed by atoms with E-state index in [1.54, 1.807) is 19.1 Å². The SMILES string of the molecule is Cc1noc([C@H](C)Nc2cccc(OCC(N)=O)c2)n1. The molecule has 2 aromatic rings. The van der Waals surface area contributed by atoms with Crippen LogP contribution in [0.25, 0.3) is 0 Å². The Labute approximate surface area is 116 Å². The highest BCUT2D eigenvalue weighted by Crippen LogP contribution is 2.22. The van der Waals surface area contributed by atoms with Gasteiger partial charge in [0.2, 0.25) is 5.89 Å². The lowest BCUT2D eigenvalue weighted by atomic mass is 10.2. The second kappa shape index (κ2) is 6.05. The first-order chi connectivity index (χ1) is 9.54. The molecule has 2 rings (SSSR count). The van der Waals surface area contributed by atoms with Crippen molar-refractivity contribution in [1.29, 1.82) is 0 Å². The lowest BCUT2D eigenvalue weighted by Crippen LogP contribution is -2.20. The molecule has 20 heavy (non-hydrogen) atoms. The van der Waals surface area contributed by atoms with Gasteiger partial charge in [0.25, 0.3) is 5.91 Å². The standard InChI is InChI=1S/C13H16N4O3/c1-8(13-16-9(2)17-20-13)15-10-4-3-5-11(6-10)19-7-12(14)18/h3-6,8,15H,7H2,1-2H3,(H2,14,18)/t8-/m0/s1. The van der Waals surface area contributed by atoms with E-state index in [-0.39, 0.29) is 12.6 Å². The summed E-state index contributed by atoms with van der Waals surface area (Å²) >= 11 is 0. The van der Waals surface area contributed by atoms with Gasteiger partial charge in [0, 0.05) is 11.8 Å². The molecule has 0 unspecified atom stereocenters. The summed E-state index contributed by atoms with van der Waals surface area (Å²) < 4.78 is 10.3. The van der Waals surface area contributed by atoms with Gasteiger partial charge in [-0.05, 0) is 26.0 Å². The molecule has 0 bridgehead atoms. The zero-order chi connectivity index (χ0) is 14.5. The monoisotopic (exact) mass is 276 g/mol. The third-order valence-corrected chi connectivity index (χ3v) is 2.51. The molecule has 106 valence electrons. The van der Waals surface area contributed by atoms with Gasteiger partial charge in [-0.15, -0.1) is 0 Å². The number of ether oxygens (including phenoxy) is 1. The topological polar surface area (TPSA) is 103 Å². The number of anilines is 1. The molecule has 0 saturated heterocycles. The summed E-state index contributed by atoms with van der Waals surface area (Å²) in [5.74, 6) is 1.14. The van der Waals surface area contributed by atoms with Crippen molar-refractivity contribution in [3.63, 3.8) is 0 Å². The highest BCUT2D eigenvalue weighted by Gasteiger charge is 2.12. The molecule has 0 spiro atoms. The van der Waals surface area contributed by atoms with Gasteiger partial charge in [-0.3, -0.25) is 4.79 Å². The second-order valence-corrected chi connectivity index (χ2v) is 4.33. The van der Waals surface area contributed by atoms with Gasteiger partial charge in [-0.2, -0.15) is 4.98 Å². The highest BCUT2D eigenvalue weighted by molar-refractivity contribution is 5.75. The molecule has 0 radical (unpaired) electrons. The molecule has 1 aromatic carbocycles. The van der Waals surface area contributed by atoms with Crippen LogP contribution < -0.4 is 15.8 Å². The summed E-state index contributed by atoms with van der Waals surface area (Å²) in [6.07, 6.45) is 0. The summed E-state index contributed by atoms with van der Waals surface area (Å²) in [6.45, 7) is 3.52. The number of nitrogens with one attached hydrogen (secondary N) is 1. The normalized spacial score (nSPS) is 11.9. The number of nitrogens with zero attached hydrogens (tertiary/aromatic N) is 2. The Morgan fingerprint density at radius 1 is 1.55 bits per heavy atom. The van der Waals surface area contributed by atoms with Crippen LogP contribution in [-0.2, 0) is 4.79 Å². The number of hydrogen-bond donors (Lipinski definition) is 2. The zero-order valence-electron chi connectivity index (χ0n) is 11.3. The minimum absolute atomic E-state index is 0.136. The maximum atomic E-state index is 10.7. The van der Waals surface area contributed by atoms with Gasteiger partial charge in [0.1, 0.15) is 11.8 Å². The number of benzene rings is 1. The average Bonchev–Trinajstić information content (AvgIpc) is 2.84. The fourth-order valence-corrected chi connectivity index (χ4v) is 1.63. The van der Waals surface area contributed by atoms with Crippen molar-refractivity contribution >= 4 is 11.6 Å². The minimum Gasteiger partial charge on any atom is -0.484 e. The molecule has 1 heterocycles. The van der Waals surface area contributed by atoms with Crippen molar-refractivity contribution in [1.82, 2.24) is 10.1 Å². The van der Waals surface area contributed by atoms with Crippen molar-refractivity contribution in [2.45, 2.75) is 19.9 Å². The van der Waals surface area contributed by atoms with Crippen LogP contribution in [0.15, 0.2) is 28.8 Å². The Morgan fingerprint density at radius 3 is 3.00 bits per heavy atom. The number of nitrogens with two attached hydrogens (primary N) is 1. The molecule has 7 heteroatoms. The Bertz CT molecular complexity index is 597. The number of rotatable bonds is 6. The van der Waals surface area contributed by atoms with Crippen LogP contribution in [-0.4, -0.2) is 22.7 Å². The molecule has 0 aliphatic heterocycles. The predicted octanol–water partition coefficient (Wildman–Crippen LogP) is 1.42. The molecule has 1 aromatic heterocycles. The molecule has 0 aliphatic carbocycles. The number of hydrogen-bond acceptors (Lipinski definition) is 6. The van der Waals surface area contributed by atoms with Crippen LogP contribution in [0.3, 0.4) is 0 Å². The maximum absolute atomic E-state index is 10.7. The van der Waals surface area contributed by atoms with Gasteiger partial charge in [-0.25, -0.2) is 0 Å². The summed E-state index contributed by atoms with van der Waals surface area (Å²) in [5.41, 5.74) is 5.85. The number of carbonyl (C=O) groups excluding carboxylic acids is 1. The Kier molecular flexibility index (Phi) is 4.19. The van der Waals surface area contributed by atoms with Crippen molar-refractivity contribution in [2.75, 3.05) is 11.9 Å². The maximum Gasteiger partial charge on any atom is 0.255 e. The Balaban J connectivity index is 2.02. The van der Waals surface area contributed by atoms with E-state index in [1.165, 1.54) is 0 Å². The molecule has 0 aliphatic rings. The lowest BCUT2D eigenvalue weighted by molar-refractivity contribution is -0.119. The smallest absolute Gasteiger partial charge is 0.255 e. The summed E-state index contributed by atoms with van der Waals surface area (Å²) in [4.78, 5) is 14.8. The van der Waals surface area contributed by atoms with Crippen molar-refractivity contribution in [3.8, 4) is 5.75 Å². The fourth-order valence-electron chi connectivity index (χ4n) is 1.63. The number of amides is 1. The van der Waals surface area contributed by atoms with Gasteiger partial charge in [0.15, 0.2) is 12.4 Å². The van der Waals surface area contributed by atoms with E-state index in [0.717, 1.165) is 5.69 Å². The fraction of sp³-hybridized carbons (Fsp3) is 0.308. The van der Waals surface area contributed by atoms with Crippen LogP contribution in [0.2, 0.25) is 0 Å². The summed E-state index contributed by atoms with van der Waals surface area (Å²) in [6, 6.07) is 7.06. The number of aromatic nitrogens is 2. The summed E-state index contributed by atoms with van der Waals surface area (Å²) in [7, 11) is 0. The summed E-state index contributed by atoms with van der Waals surface area (Å²) in [5, 5.41) is 6.95. The lowest BCUT2D eigenvalue weighted by Gasteiger charge is -2.12. The van der Waals surface area contributed by atoms with Crippen LogP contribution in [0.4, 0.5) is 5.69 Å². The van der Waals surface area contributed by atoms with E-state index in [1.807, 2.05) is 19.1 Å². The van der Waals surface area contributed by atoms with Gasteiger partial charge >= 0.3 is 0 Å². The predicted molar refractivity (Wildman–Crippen MR) is 72.2 cm³/mol. The quantitative estimate of drug-likeness (QED) is 0.827. The van der Waals surface area contributed by atoms with E-state index in [9.17, 15) is 4.79 Å². The van der Waals surface area contributed by atoms with E-state index in [4.69, 9.17) is 15.0 Å². The number of primary amides is 1. The van der Waals surface area contributed by atoms with Crippen molar-refractivity contribution in [2.24, 2.45) is 5.73 Å². The van der Waals surface area contributed by atoms with Crippen LogP contribution in [0.1, 0.15) is 24.7 Å². The van der Waals surface area contributed by atoms with E-state index < -0.39 is 5.91 Å². The van der Waals surface area contributed by atoms with E-state index >= 15 is 0 Å². The van der Waals surface area contributed by atoms with Crippen LogP contribution >= 0.6 is 0 Å². The average molecular weight is 276 g/mol. The first kappa shape index (κ1) is 13.9. The minimum atomic E-state index is -0.516. The Morgan fingerprint density at radius 2 is 2.35 bits per heavy atom. The molecule has 1 atom stereocenters. The van der Waals surface area contributed by atoms with Crippen molar-refractivity contribution in [3.05, 3.63) is 36.0 Å².